The van der Waals surface area contributed by atoms with Crippen molar-refractivity contribution in [2.24, 2.45) is 0 Å². The standard InChI is InChI=1S/C34H41FN7O7P/c1-3-15-46-33(43)26(17-23-11-7-5-8-12-23)40-50(45,41-27(34(44)47-16-4-2)18-24-13-9-6-10-14-24)22-48-28-19-25(35)32(49-28)42-21-39-29-30(36)37-20-38-31(29)42/h5-14,19-21,26-28,32H,3-4,15-18,22H2,1-2H3,(H2,36,37,38)(H2,40,41,45)/t26-,27-,28-,32+/m0/s1. The third-order valence-corrected chi connectivity index (χ3v) is 9.58. The molecule has 0 aliphatic carbocycles. The molecule has 50 heavy (non-hydrogen) atoms. The molecule has 0 amide bonds. The Morgan fingerprint density at radius 3 is 2.02 bits per heavy atom. The second kappa shape index (κ2) is 17.4. The number of hydrogen-bond acceptors (Lipinski definition) is 11. The molecule has 3 heterocycles. The van der Waals surface area contributed by atoms with E-state index in [1.165, 1.54) is 17.2 Å². The Morgan fingerprint density at radius 2 is 1.48 bits per heavy atom. The minimum absolute atomic E-state index is 0.118. The normalized spacial score (nSPS) is 17.3. The van der Waals surface area contributed by atoms with E-state index in [2.05, 4.69) is 25.1 Å². The fourth-order valence-electron chi connectivity index (χ4n) is 5.23. The van der Waals surface area contributed by atoms with Crippen LogP contribution >= 0.6 is 7.44 Å². The second-order valence-corrected chi connectivity index (χ2v) is 13.9. The largest absolute Gasteiger partial charge is 0.465 e. The van der Waals surface area contributed by atoms with Gasteiger partial charge in [0.2, 0.25) is 7.44 Å². The molecular weight excluding hydrogens is 668 g/mol. The zero-order valence-corrected chi connectivity index (χ0v) is 28.7. The van der Waals surface area contributed by atoms with E-state index in [0.29, 0.717) is 12.8 Å². The molecule has 0 saturated carbocycles. The molecule has 0 saturated heterocycles. The van der Waals surface area contributed by atoms with E-state index in [4.69, 9.17) is 24.7 Å². The van der Waals surface area contributed by atoms with E-state index in [1.54, 1.807) is 0 Å². The van der Waals surface area contributed by atoms with Gasteiger partial charge in [-0.1, -0.05) is 74.5 Å². The lowest BCUT2D eigenvalue weighted by molar-refractivity contribution is -0.146. The lowest BCUT2D eigenvalue weighted by Crippen LogP contribution is -2.46. The summed E-state index contributed by atoms with van der Waals surface area (Å²) in [7, 11) is -4.09. The molecule has 1 aliphatic heterocycles. The number of nitrogens with two attached hydrogens (primary N) is 1. The molecule has 0 unspecified atom stereocenters. The smallest absolute Gasteiger partial charge is 0.323 e. The first kappa shape index (κ1) is 36.7. The Kier molecular flexibility index (Phi) is 12.8. The van der Waals surface area contributed by atoms with Crippen LogP contribution in [0.3, 0.4) is 0 Å². The number of esters is 2. The fourth-order valence-corrected chi connectivity index (χ4v) is 7.22. The molecule has 4 N–H and O–H groups in total. The summed E-state index contributed by atoms with van der Waals surface area (Å²) < 4.78 is 54.3. The number of nitrogens with one attached hydrogen (secondary N) is 2. The van der Waals surface area contributed by atoms with Gasteiger partial charge in [-0.25, -0.2) is 29.5 Å². The number of carbonyl (C=O) groups excluding carboxylic acids is 2. The average molecular weight is 710 g/mol. The van der Waals surface area contributed by atoms with Crippen LogP contribution in [0.2, 0.25) is 0 Å². The Hall–Kier alpha value is -4.53. The fraction of sp³-hybridized carbons (Fsp3) is 0.382. The number of imidazole rings is 1. The molecule has 266 valence electrons. The van der Waals surface area contributed by atoms with Gasteiger partial charge in [0.05, 0.1) is 19.5 Å². The third kappa shape index (κ3) is 9.58. The first-order chi connectivity index (χ1) is 24.2. The summed E-state index contributed by atoms with van der Waals surface area (Å²) >= 11 is 0. The van der Waals surface area contributed by atoms with Crippen molar-refractivity contribution in [2.75, 3.05) is 25.3 Å². The Labute approximate surface area is 289 Å². The van der Waals surface area contributed by atoms with Gasteiger partial charge in [-0.15, -0.1) is 0 Å². The number of nitrogen functional groups attached to an aromatic ring is 1. The summed E-state index contributed by atoms with van der Waals surface area (Å²) in [5.41, 5.74) is 7.95. The van der Waals surface area contributed by atoms with Gasteiger partial charge in [0.1, 0.15) is 30.3 Å². The zero-order chi connectivity index (χ0) is 35.5. The quantitative estimate of drug-likeness (QED) is 0.0965. The van der Waals surface area contributed by atoms with E-state index >= 15 is 4.39 Å². The summed E-state index contributed by atoms with van der Waals surface area (Å²) in [4.78, 5) is 38.9. The third-order valence-electron chi connectivity index (χ3n) is 7.61. The summed E-state index contributed by atoms with van der Waals surface area (Å²) in [5, 5.41) is 5.88. The van der Waals surface area contributed by atoms with E-state index in [-0.39, 0.29) is 43.0 Å². The molecule has 0 radical (unpaired) electrons. The summed E-state index contributed by atoms with van der Waals surface area (Å²) in [6, 6.07) is 16.1. The van der Waals surface area contributed by atoms with E-state index in [9.17, 15) is 14.2 Å². The predicted octanol–water partition coefficient (Wildman–Crippen LogP) is 4.59. The SMILES string of the molecule is CCCOC(=O)[C@H](Cc1ccccc1)NP(=O)(CO[C@@H]1C=C(F)[C@H](n2cnc3c(N)ncnc32)O1)N[C@@H](Cc1ccccc1)C(=O)OCCC. The number of halogens is 1. The number of benzene rings is 2. The highest BCUT2D eigenvalue weighted by Crippen LogP contribution is 2.41. The number of hydrogen-bond donors (Lipinski definition) is 3. The van der Waals surface area contributed by atoms with Crippen molar-refractivity contribution >= 4 is 36.4 Å². The number of nitrogens with zero attached hydrogens (tertiary/aromatic N) is 4. The Balaban J connectivity index is 1.41. The molecule has 2 aromatic heterocycles. The highest BCUT2D eigenvalue weighted by Gasteiger charge is 2.38. The molecule has 4 aromatic rings. The first-order valence-electron chi connectivity index (χ1n) is 16.3. The number of carbonyl (C=O) groups is 2. The molecule has 2 aromatic carbocycles. The van der Waals surface area contributed by atoms with Gasteiger partial charge in [0.15, 0.2) is 29.8 Å². The van der Waals surface area contributed by atoms with Gasteiger partial charge >= 0.3 is 11.9 Å². The maximum atomic E-state index is 15.3. The number of anilines is 1. The molecule has 4 atom stereocenters. The molecule has 0 bridgehead atoms. The van der Waals surface area contributed by atoms with Gasteiger partial charge in [0.25, 0.3) is 0 Å². The maximum absolute atomic E-state index is 15.3. The van der Waals surface area contributed by atoms with Crippen molar-refractivity contribution in [1.82, 2.24) is 29.7 Å². The second-order valence-electron chi connectivity index (χ2n) is 11.6. The Bertz CT molecular complexity index is 1740. The van der Waals surface area contributed by atoms with Crippen LogP contribution in [-0.4, -0.2) is 69.4 Å². The Morgan fingerprint density at radius 1 is 0.920 bits per heavy atom. The van der Waals surface area contributed by atoms with Crippen molar-refractivity contribution in [2.45, 2.75) is 64.1 Å². The highest BCUT2D eigenvalue weighted by molar-refractivity contribution is 7.59. The summed E-state index contributed by atoms with van der Waals surface area (Å²) in [5.74, 6) is -1.87. The van der Waals surface area contributed by atoms with E-state index in [1.807, 2.05) is 74.5 Å². The monoisotopic (exact) mass is 709 g/mol. The lowest BCUT2D eigenvalue weighted by Gasteiger charge is -2.29. The molecular formula is C34H41FN7O7P. The number of aromatic nitrogens is 4. The molecule has 16 heteroatoms. The van der Waals surface area contributed by atoms with Crippen LogP contribution in [0.1, 0.15) is 44.0 Å². The van der Waals surface area contributed by atoms with Gasteiger partial charge in [-0.3, -0.25) is 18.7 Å². The van der Waals surface area contributed by atoms with Crippen molar-refractivity contribution in [3.05, 3.63) is 96.3 Å². The van der Waals surface area contributed by atoms with Gasteiger partial charge in [0, 0.05) is 6.08 Å². The van der Waals surface area contributed by atoms with Crippen LogP contribution in [0, 0.1) is 0 Å². The van der Waals surface area contributed by atoms with Gasteiger partial charge in [-0.2, -0.15) is 0 Å². The van der Waals surface area contributed by atoms with Crippen LogP contribution in [0.4, 0.5) is 10.2 Å². The topological polar surface area (TPSA) is 182 Å². The van der Waals surface area contributed by atoms with Gasteiger partial charge < -0.3 is 24.7 Å². The summed E-state index contributed by atoms with van der Waals surface area (Å²) in [6.07, 6.45) is 1.78. The molecule has 0 spiro atoms. The van der Waals surface area contributed by atoms with Gasteiger partial charge in [-0.05, 0) is 36.8 Å². The van der Waals surface area contributed by atoms with E-state index in [0.717, 1.165) is 17.2 Å². The molecule has 14 nitrogen and oxygen atoms in total. The van der Waals surface area contributed by atoms with Crippen molar-refractivity contribution in [1.29, 1.82) is 0 Å². The van der Waals surface area contributed by atoms with Crippen LogP contribution in [0.15, 0.2) is 85.2 Å². The van der Waals surface area contributed by atoms with E-state index < -0.39 is 56.2 Å². The molecule has 1 aliphatic rings. The number of ether oxygens (including phenoxy) is 4. The van der Waals surface area contributed by atoms with Crippen LogP contribution < -0.4 is 15.9 Å². The predicted molar refractivity (Wildman–Crippen MR) is 183 cm³/mol. The maximum Gasteiger partial charge on any atom is 0.323 e. The molecule has 0 fully saturated rings. The van der Waals surface area contributed by atoms with Crippen LogP contribution in [-0.2, 0) is 45.9 Å². The average Bonchev–Trinajstić information content (AvgIpc) is 3.72. The first-order valence-corrected chi connectivity index (χ1v) is 18.2. The number of rotatable bonds is 18. The number of fused-ring (bicyclic) bond motifs is 1. The highest BCUT2D eigenvalue weighted by atomic mass is 31.2. The van der Waals surface area contributed by atoms with Crippen LogP contribution in [0.25, 0.3) is 11.2 Å². The zero-order valence-electron chi connectivity index (χ0n) is 27.8. The summed E-state index contributed by atoms with van der Waals surface area (Å²) in [6.45, 7) is 4.03. The van der Waals surface area contributed by atoms with Crippen molar-refractivity contribution in [3.8, 4) is 0 Å². The molecule has 5 rings (SSSR count). The van der Waals surface area contributed by atoms with Crippen molar-refractivity contribution in [3.63, 3.8) is 0 Å². The van der Waals surface area contributed by atoms with Crippen LogP contribution in [0.5, 0.6) is 0 Å². The minimum Gasteiger partial charge on any atom is -0.465 e. The lowest BCUT2D eigenvalue weighted by atomic mass is 10.1. The van der Waals surface area contributed by atoms with Crippen molar-refractivity contribution < 1.29 is 37.5 Å². The minimum atomic E-state index is -4.09.